The summed E-state index contributed by atoms with van der Waals surface area (Å²) in [6.45, 7) is 0. The van der Waals surface area contributed by atoms with Crippen LogP contribution in [0.15, 0.2) is 56.6 Å². The molecular weight excluding hydrogens is 388 g/mol. The molecule has 0 fully saturated rings. The van der Waals surface area contributed by atoms with Crippen molar-refractivity contribution < 1.29 is 0 Å². The van der Waals surface area contributed by atoms with E-state index in [4.69, 9.17) is 5.73 Å². The van der Waals surface area contributed by atoms with Crippen molar-refractivity contribution in [2.75, 3.05) is 5.75 Å². The Labute approximate surface area is 134 Å². The minimum absolute atomic E-state index is 0.119. The number of pyridine rings is 1. The zero-order valence-electron chi connectivity index (χ0n) is 10.2. The smallest absolute Gasteiger partial charge is 0.0410 e. The summed E-state index contributed by atoms with van der Waals surface area (Å²) >= 11 is 8.74. The predicted octanol–water partition coefficient (Wildman–Crippen LogP) is 4.27. The molecule has 1 aromatic heterocycles. The number of nitrogens with zero attached hydrogens (tertiary/aromatic N) is 1. The van der Waals surface area contributed by atoms with Crippen LogP contribution in [0.3, 0.4) is 0 Å². The zero-order chi connectivity index (χ0) is 13.7. The van der Waals surface area contributed by atoms with Crippen LogP contribution in [0.5, 0.6) is 0 Å². The van der Waals surface area contributed by atoms with E-state index in [-0.39, 0.29) is 6.04 Å². The number of benzene rings is 1. The first-order valence-corrected chi connectivity index (χ1v) is 8.44. The first-order valence-electron chi connectivity index (χ1n) is 5.87. The van der Waals surface area contributed by atoms with Crippen LogP contribution in [0.25, 0.3) is 0 Å². The van der Waals surface area contributed by atoms with Crippen LogP contribution >= 0.6 is 43.6 Å². The van der Waals surface area contributed by atoms with Crippen LogP contribution in [0.1, 0.15) is 5.56 Å². The van der Waals surface area contributed by atoms with Gasteiger partial charge in [-0.05, 0) is 62.0 Å². The summed E-state index contributed by atoms with van der Waals surface area (Å²) in [5.41, 5.74) is 7.34. The van der Waals surface area contributed by atoms with Crippen LogP contribution in [0.4, 0.5) is 0 Å². The minimum atomic E-state index is 0.119. The number of halogens is 2. The lowest BCUT2D eigenvalue weighted by atomic mass is 10.1. The first-order chi connectivity index (χ1) is 9.15. The van der Waals surface area contributed by atoms with Crippen molar-refractivity contribution in [1.29, 1.82) is 0 Å². The van der Waals surface area contributed by atoms with Gasteiger partial charge in [0.1, 0.15) is 0 Å². The van der Waals surface area contributed by atoms with Gasteiger partial charge in [0, 0.05) is 38.0 Å². The zero-order valence-corrected chi connectivity index (χ0v) is 14.2. The molecule has 2 nitrogen and oxygen atoms in total. The molecule has 1 atom stereocenters. The Hall–Kier alpha value is -0.360. The van der Waals surface area contributed by atoms with Gasteiger partial charge in [0.25, 0.3) is 0 Å². The van der Waals surface area contributed by atoms with Gasteiger partial charge in [-0.1, -0.05) is 12.1 Å². The lowest BCUT2D eigenvalue weighted by Crippen LogP contribution is -2.25. The summed E-state index contributed by atoms with van der Waals surface area (Å²) < 4.78 is 2.12. The minimum Gasteiger partial charge on any atom is -0.327 e. The Morgan fingerprint density at radius 3 is 2.74 bits per heavy atom. The van der Waals surface area contributed by atoms with Crippen molar-refractivity contribution in [2.24, 2.45) is 5.73 Å². The molecule has 2 rings (SSSR count). The monoisotopic (exact) mass is 400 g/mol. The molecule has 0 aliphatic rings. The molecule has 0 radical (unpaired) electrons. The Morgan fingerprint density at radius 1 is 1.21 bits per heavy atom. The molecule has 0 spiro atoms. The highest BCUT2D eigenvalue weighted by atomic mass is 79.9. The highest BCUT2D eigenvalue weighted by molar-refractivity contribution is 9.10. The number of hydrogen-bond donors (Lipinski definition) is 1. The third-order valence-electron chi connectivity index (χ3n) is 2.55. The molecule has 100 valence electrons. The van der Waals surface area contributed by atoms with Crippen molar-refractivity contribution in [1.82, 2.24) is 4.98 Å². The molecule has 0 saturated carbocycles. The molecule has 0 bridgehead atoms. The Kier molecular flexibility index (Phi) is 5.88. The summed E-state index contributed by atoms with van der Waals surface area (Å²) in [5, 5.41) is 0. The van der Waals surface area contributed by atoms with E-state index >= 15 is 0 Å². The van der Waals surface area contributed by atoms with Gasteiger partial charge in [-0.15, -0.1) is 11.8 Å². The molecular formula is C14H14Br2N2S. The van der Waals surface area contributed by atoms with Crippen molar-refractivity contribution in [2.45, 2.75) is 17.4 Å². The summed E-state index contributed by atoms with van der Waals surface area (Å²) in [4.78, 5) is 5.38. The molecule has 1 aromatic carbocycles. The lowest BCUT2D eigenvalue weighted by molar-refractivity contribution is 0.745. The number of rotatable bonds is 5. The fraction of sp³-hybridized carbons (Fsp3) is 0.214. The third-order valence-corrected chi connectivity index (χ3v) is 5.20. The van der Waals surface area contributed by atoms with E-state index in [1.54, 1.807) is 18.0 Å². The molecule has 0 amide bonds. The van der Waals surface area contributed by atoms with E-state index in [1.807, 2.05) is 24.4 Å². The quantitative estimate of drug-likeness (QED) is 0.760. The van der Waals surface area contributed by atoms with Gasteiger partial charge in [0.05, 0.1) is 0 Å². The molecule has 1 heterocycles. The molecule has 0 saturated heterocycles. The first kappa shape index (κ1) is 15.0. The molecule has 1 unspecified atom stereocenters. The number of thioether (sulfide) groups is 1. The normalized spacial score (nSPS) is 12.4. The van der Waals surface area contributed by atoms with Gasteiger partial charge < -0.3 is 5.73 Å². The second-order valence-electron chi connectivity index (χ2n) is 4.22. The van der Waals surface area contributed by atoms with Gasteiger partial charge in [-0.2, -0.15) is 0 Å². The van der Waals surface area contributed by atoms with Crippen molar-refractivity contribution in [3.63, 3.8) is 0 Å². The van der Waals surface area contributed by atoms with Crippen molar-refractivity contribution in [3.05, 3.63) is 57.2 Å². The molecule has 0 aliphatic heterocycles. The average molecular weight is 402 g/mol. The Morgan fingerprint density at radius 2 is 2.00 bits per heavy atom. The van der Waals surface area contributed by atoms with Crippen LogP contribution in [0, 0.1) is 0 Å². The van der Waals surface area contributed by atoms with E-state index < -0.39 is 0 Å². The molecule has 5 heteroatoms. The van der Waals surface area contributed by atoms with E-state index in [0.717, 1.165) is 26.7 Å². The molecule has 19 heavy (non-hydrogen) atoms. The van der Waals surface area contributed by atoms with Crippen LogP contribution < -0.4 is 5.73 Å². The van der Waals surface area contributed by atoms with E-state index in [9.17, 15) is 0 Å². The summed E-state index contributed by atoms with van der Waals surface area (Å²) in [7, 11) is 0. The third kappa shape index (κ3) is 4.91. The highest BCUT2D eigenvalue weighted by Crippen LogP contribution is 2.27. The van der Waals surface area contributed by atoms with E-state index in [2.05, 4.69) is 49.0 Å². The van der Waals surface area contributed by atoms with E-state index in [0.29, 0.717) is 0 Å². The highest BCUT2D eigenvalue weighted by Gasteiger charge is 2.07. The maximum atomic E-state index is 6.17. The topological polar surface area (TPSA) is 38.9 Å². The molecule has 2 N–H and O–H groups in total. The second-order valence-corrected chi connectivity index (χ2v) is 7.05. The van der Waals surface area contributed by atoms with Crippen molar-refractivity contribution >= 4 is 43.6 Å². The fourth-order valence-corrected chi connectivity index (χ4v) is 3.62. The maximum absolute atomic E-state index is 6.17. The van der Waals surface area contributed by atoms with Gasteiger partial charge >= 0.3 is 0 Å². The standard InChI is InChI=1S/C14H14Br2N2S/c15-11-5-10(7-18-8-11)6-12(17)9-19-14-4-2-1-3-13(14)16/h1-5,7-8,12H,6,9,17H2. The second kappa shape index (κ2) is 7.43. The van der Waals surface area contributed by atoms with Crippen LogP contribution in [0.2, 0.25) is 0 Å². The lowest BCUT2D eigenvalue weighted by Gasteiger charge is -2.12. The Bertz CT molecular complexity index is 548. The summed E-state index contributed by atoms with van der Waals surface area (Å²) in [5.74, 6) is 0.884. The van der Waals surface area contributed by atoms with Gasteiger partial charge in [0.15, 0.2) is 0 Å². The van der Waals surface area contributed by atoms with Crippen molar-refractivity contribution in [3.8, 4) is 0 Å². The van der Waals surface area contributed by atoms with Gasteiger partial charge in [-0.25, -0.2) is 0 Å². The number of aromatic nitrogens is 1. The summed E-state index contributed by atoms with van der Waals surface area (Å²) in [6.07, 6.45) is 4.49. The van der Waals surface area contributed by atoms with E-state index in [1.165, 1.54) is 4.90 Å². The average Bonchev–Trinajstić information content (AvgIpc) is 2.38. The van der Waals surface area contributed by atoms with Gasteiger partial charge in [0.2, 0.25) is 0 Å². The fourth-order valence-electron chi connectivity index (χ4n) is 1.69. The van der Waals surface area contributed by atoms with Crippen LogP contribution in [-0.2, 0) is 6.42 Å². The maximum Gasteiger partial charge on any atom is 0.0410 e. The molecule has 0 aliphatic carbocycles. The van der Waals surface area contributed by atoms with Crippen LogP contribution in [-0.4, -0.2) is 16.8 Å². The SMILES string of the molecule is NC(CSc1ccccc1Br)Cc1cncc(Br)c1. The number of nitrogens with two attached hydrogens (primary N) is 1. The largest absolute Gasteiger partial charge is 0.327 e. The molecule has 2 aromatic rings. The number of hydrogen-bond acceptors (Lipinski definition) is 3. The summed E-state index contributed by atoms with van der Waals surface area (Å²) in [6, 6.07) is 10.4. The predicted molar refractivity (Wildman–Crippen MR) is 88.5 cm³/mol. The van der Waals surface area contributed by atoms with Gasteiger partial charge in [-0.3, -0.25) is 4.98 Å². The Balaban J connectivity index is 1.88.